The number of thioether (sulfide) groups is 1. The lowest BCUT2D eigenvalue weighted by Gasteiger charge is -2.25. The molecule has 1 heterocycles. The number of hydrogen-bond donors (Lipinski definition) is 0. The van der Waals surface area contributed by atoms with Crippen LogP contribution < -0.4 is 0 Å². The maximum absolute atomic E-state index is 11.8. The summed E-state index contributed by atoms with van der Waals surface area (Å²) in [4.78, 5) is 11.8. The Hall–Kier alpha value is -0.440. The molecular formula is C17H30O2S. The summed E-state index contributed by atoms with van der Waals surface area (Å²) in [7, 11) is 1.68. The van der Waals surface area contributed by atoms with Gasteiger partial charge in [-0.1, -0.05) is 70.1 Å². The van der Waals surface area contributed by atoms with Crippen LogP contribution in [0.15, 0.2) is 11.3 Å². The maximum Gasteiger partial charge on any atom is 0.219 e. The molecule has 0 radical (unpaired) electrons. The summed E-state index contributed by atoms with van der Waals surface area (Å²) in [6.07, 6.45) is 11.6. The highest BCUT2D eigenvalue weighted by molar-refractivity contribution is 8.15. The second kappa shape index (κ2) is 8.76. The summed E-state index contributed by atoms with van der Waals surface area (Å²) < 4.78 is 5.34. The van der Waals surface area contributed by atoms with Crippen molar-refractivity contribution in [2.45, 2.75) is 83.3 Å². The van der Waals surface area contributed by atoms with Gasteiger partial charge >= 0.3 is 0 Å². The number of carbonyl (C=O) groups excluding carboxylic acids is 1. The Morgan fingerprint density at radius 1 is 1.05 bits per heavy atom. The molecule has 0 spiro atoms. The van der Waals surface area contributed by atoms with Crippen molar-refractivity contribution in [2.24, 2.45) is 0 Å². The van der Waals surface area contributed by atoms with E-state index in [9.17, 15) is 4.79 Å². The van der Waals surface area contributed by atoms with Gasteiger partial charge in [-0.3, -0.25) is 4.79 Å². The fraction of sp³-hybridized carbons (Fsp3) is 0.824. The summed E-state index contributed by atoms with van der Waals surface area (Å²) in [6.45, 7) is 6.28. The highest BCUT2D eigenvalue weighted by Crippen LogP contribution is 2.46. The molecule has 0 aromatic carbocycles. The minimum Gasteiger partial charge on any atom is -0.499 e. The first kappa shape index (κ1) is 17.6. The summed E-state index contributed by atoms with van der Waals surface area (Å²) in [5.41, 5.74) is 0.805. The summed E-state index contributed by atoms with van der Waals surface area (Å²) in [6, 6.07) is 0. The molecule has 1 aliphatic rings. The third kappa shape index (κ3) is 4.83. The zero-order chi connectivity index (χ0) is 15.0. The molecule has 1 unspecified atom stereocenters. The van der Waals surface area contributed by atoms with Gasteiger partial charge in [0.2, 0.25) is 5.12 Å². The highest BCUT2D eigenvalue weighted by Gasteiger charge is 2.42. The number of carbonyl (C=O) groups is 1. The number of methoxy groups -OCH3 is 1. The van der Waals surface area contributed by atoms with E-state index < -0.39 is 0 Å². The molecule has 0 N–H and O–H groups in total. The second-order valence-electron chi connectivity index (χ2n) is 6.00. The number of hydrogen-bond acceptors (Lipinski definition) is 3. The van der Waals surface area contributed by atoms with Gasteiger partial charge in [0, 0.05) is 5.57 Å². The molecule has 0 aromatic rings. The van der Waals surface area contributed by atoms with Gasteiger partial charge < -0.3 is 4.74 Å². The number of unbranched alkanes of at least 4 members (excludes halogenated alkanes) is 7. The van der Waals surface area contributed by atoms with Crippen LogP contribution in [0, 0.1) is 0 Å². The molecule has 0 saturated heterocycles. The fourth-order valence-corrected chi connectivity index (χ4v) is 4.18. The first-order valence-electron chi connectivity index (χ1n) is 8.04. The lowest BCUT2D eigenvalue weighted by Crippen LogP contribution is -2.21. The molecule has 1 atom stereocenters. The van der Waals surface area contributed by atoms with Crippen LogP contribution in [0.25, 0.3) is 0 Å². The molecule has 0 aromatic heterocycles. The highest BCUT2D eigenvalue weighted by atomic mass is 32.2. The van der Waals surface area contributed by atoms with Gasteiger partial charge in [-0.2, -0.15) is 0 Å². The standard InChI is InChI=1S/C17H30O2S/c1-5-6-7-8-9-10-11-12-13-17(3)15(19-4)14(2)16(18)20-17/h5-13H2,1-4H3. The molecular weight excluding hydrogens is 268 g/mol. The third-order valence-corrected chi connectivity index (χ3v) is 5.49. The molecule has 3 heteroatoms. The predicted octanol–water partition coefficient (Wildman–Crippen LogP) is 5.47. The lowest BCUT2D eigenvalue weighted by molar-refractivity contribution is -0.107. The molecule has 1 rings (SSSR count). The lowest BCUT2D eigenvalue weighted by atomic mass is 9.97. The van der Waals surface area contributed by atoms with Gasteiger partial charge in [-0.25, -0.2) is 0 Å². The fourth-order valence-electron chi connectivity index (χ4n) is 2.95. The van der Waals surface area contributed by atoms with Crippen LogP contribution in [0.2, 0.25) is 0 Å². The van der Waals surface area contributed by atoms with Crippen molar-refractivity contribution >= 4 is 16.9 Å². The molecule has 1 aliphatic heterocycles. The van der Waals surface area contributed by atoms with Crippen molar-refractivity contribution in [1.82, 2.24) is 0 Å². The van der Waals surface area contributed by atoms with Crippen LogP contribution in [0.1, 0.15) is 78.6 Å². The molecule has 20 heavy (non-hydrogen) atoms. The van der Waals surface area contributed by atoms with Crippen LogP contribution in [-0.2, 0) is 9.53 Å². The van der Waals surface area contributed by atoms with Crippen molar-refractivity contribution < 1.29 is 9.53 Å². The van der Waals surface area contributed by atoms with Gasteiger partial charge in [0.05, 0.1) is 11.9 Å². The Labute approximate surface area is 128 Å². The quantitative estimate of drug-likeness (QED) is 0.500. The smallest absolute Gasteiger partial charge is 0.219 e. The molecule has 116 valence electrons. The molecule has 0 amide bonds. The topological polar surface area (TPSA) is 26.3 Å². The SMILES string of the molecule is CCCCCCCCCCC1(C)SC(=O)C(C)=C1OC. The van der Waals surface area contributed by atoms with E-state index in [4.69, 9.17) is 4.74 Å². The minimum atomic E-state index is -0.127. The van der Waals surface area contributed by atoms with Gasteiger partial charge in [0.15, 0.2) is 0 Å². The van der Waals surface area contributed by atoms with E-state index in [0.717, 1.165) is 17.8 Å². The molecule has 0 fully saturated rings. The van der Waals surface area contributed by atoms with Crippen molar-refractivity contribution in [3.8, 4) is 0 Å². The first-order valence-corrected chi connectivity index (χ1v) is 8.85. The molecule has 2 nitrogen and oxygen atoms in total. The molecule has 0 saturated carbocycles. The second-order valence-corrected chi connectivity index (χ2v) is 7.48. The zero-order valence-electron chi connectivity index (χ0n) is 13.6. The van der Waals surface area contributed by atoms with Crippen LogP contribution in [0.3, 0.4) is 0 Å². The number of rotatable bonds is 10. The van der Waals surface area contributed by atoms with Crippen molar-refractivity contribution in [3.05, 3.63) is 11.3 Å². The van der Waals surface area contributed by atoms with E-state index in [2.05, 4.69) is 13.8 Å². The van der Waals surface area contributed by atoms with E-state index in [1.165, 1.54) is 63.1 Å². The summed E-state index contributed by atoms with van der Waals surface area (Å²) >= 11 is 1.45. The maximum atomic E-state index is 11.8. The Balaban J connectivity index is 2.23. The Kier molecular flexibility index (Phi) is 7.71. The van der Waals surface area contributed by atoms with Crippen LogP contribution in [-0.4, -0.2) is 17.0 Å². The van der Waals surface area contributed by atoms with Gasteiger partial charge in [0.1, 0.15) is 5.76 Å². The Morgan fingerprint density at radius 3 is 2.15 bits per heavy atom. The average Bonchev–Trinajstić information content (AvgIpc) is 2.63. The molecule has 0 aliphatic carbocycles. The zero-order valence-corrected chi connectivity index (χ0v) is 14.4. The van der Waals surface area contributed by atoms with Crippen LogP contribution in [0.4, 0.5) is 0 Å². The van der Waals surface area contributed by atoms with E-state index in [1.807, 2.05) is 6.92 Å². The van der Waals surface area contributed by atoms with E-state index in [0.29, 0.717) is 0 Å². The van der Waals surface area contributed by atoms with Gasteiger partial charge in [0.25, 0.3) is 0 Å². The summed E-state index contributed by atoms with van der Waals surface area (Å²) in [5, 5.41) is 0.184. The van der Waals surface area contributed by atoms with Gasteiger partial charge in [-0.05, 0) is 20.3 Å². The number of ether oxygens (including phenoxy) is 1. The summed E-state index contributed by atoms with van der Waals surface area (Å²) in [5.74, 6) is 0.899. The Bertz CT molecular complexity index is 349. The normalized spacial score (nSPS) is 22.7. The van der Waals surface area contributed by atoms with Crippen molar-refractivity contribution in [2.75, 3.05) is 7.11 Å². The van der Waals surface area contributed by atoms with Gasteiger partial charge in [-0.15, -0.1) is 0 Å². The van der Waals surface area contributed by atoms with Crippen molar-refractivity contribution in [3.63, 3.8) is 0 Å². The van der Waals surface area contributed by atoms with E-state index in [-0.39, 0.29) is 9.86 Å². The largest absolute Gasteiger partial charge is 0.499 e. The van der Waals surface area contributed by atoms with Crippen LogP contribution in [0.5, 0.6) is 0 Å². The third-order valence-electron chi connectivity index (χ3n) is 4.16. The van der Waals surface area contributed by atoms with Crippen LogP contribution >= 0.6 is 11.8 Å². The average molecular weight is 298 g/mol. The Morgan fingerprint density at radius 2 is 1.60 bits per heavy atom. The minimum absolute atomic E-state index is 0.127. The first-order chi connectivity index (χ1) is 9.55. The molecule has 0 bridgehead atoms. The van der Waals surface area contributed by atoms with E-state index >= 15 is 0 Å². The van der Waals surface area contributed by atoms with E-state index in [1.54, 1.807) is 7.11 Å². The van der Waals surface area contributed by atoms with Crippen molar-refractivity contribution in [1.29, 1.82) is 0 Å². The predicted molar refractivity (Wildman–Crippen MR) is 87.9 cm³/mol. The monoisotopic (exact) mass is 298 g/mol.